The van der Waals surface area contributed by atoms with E-state index in [4.69, 9.17) is 0 Å². The predicted octanol–water partition coefficient (Wildman–Crippen LogP) is 2.24. The Morgan fingerprint density at radius 3 is 2.33 bits per heavy atom. The summed E-state index contributed by atoms with van der Waals surface area (Å²) in [6.45, 7) is 3.03. The Morgan fingerprint density at radius 1 is 1.21 bits per heavy atom. The van der Waals surface area contributed by atoms with Gasteiger partial charge in [-0.3, -0.25) is 9.79 Å². The molecule has 0 atom stereocenters. The Morgan fingerprint density at radius 2 is 1.83 bits per heavy atom. The third-order valence-corrected chi connectivity index (χ3v) is 3.25. The Labute approximate surface area is 139 Å². The lowest BCUT2D eigenvalue weighted by Crippen LogP contribution is -2.43. The van der Waals surface area contributed by atoms with Gasteiger partial charge in [0.2, 0.25) is 5.91 Å². The number of amides is 1. The lowest BCUT2D eigenvalue weighted by molar-refractivity contribution is -0.137. The summed E-state index contributed by atoms with van der Waals surface area (Å²) in [7, 11) is 3.33. The fourth-order valence-corrected chi connectivity index (χ4v) is 2.02. The van der Waals surface area contributed by atoms with Crippen LogP contribution in [0.4, 0.5) is 13.2 Å². The van der Waals surface area contributed by atoms with E-state index in [0.717, 1.165) is 18.6 Å². The Hall–Kier alpha value is -2.25. The summed E-state index contributed by atoms with van der Waals surface area (Å²) < 4.78 is 37.7. The zero-order valence-electron chi connectivity index (χ0n) is 14.1. The topological polar surface area (TPSA) is 56.7 Å². The van der Waals surface area contributed by atoms with Crippen LogP contribution in [0.15, 0.2) is 29.3 Å². The number of aliphatic imine (C=N–C) groups is 1. The van der Waals surface area contributed by atoms with Crippen molar-refractivity contribution in [1.82, 2.24) is 15.5 Å². The third kappa shape index (κ3) is 6.47. The molecule has 134 valence electrons. The maximum atomic E-state index is 12.6. The van der Waals surface area contributed by atoms with Crippen molar-refractivity contribution in [2.24, 2.45) is 4.99 Å². The first-order valence-corrected chi connectivity index (χ1v) is 7.62. The van der Waals surface area contributed by atoms with Gasteiger partial charge in [-0.15, -0.1) is 0 Å². The summed E-state index contributed by atoms with van der Waals surface area (Å²) >= 11 is 0. The number of nitrogens with zero attached hydrogens (tertiary/aromatic N) is 2. The smallest absolute Gasteiger partial charge is 0.355 e. The number of halogens is 3. The lowest BCUT2D eigenvalue weighted by Gasteiger charge is -2.22. The van der Waals surface area contributed by atoms with Gasteiger partial charge in [0.05, 0.1) is 12.1 Å². The van der Waals surface area contributed by atoms with Crippen LogP contribution in [0.5, 0.6) is 0 Å². The molecule has 1 aromatic rings. The van der Waals surface area contributed by atoms with Gasteiger partial charge in [-0.1, -0.05) is 19.1 Å². The van der Waals surface area contributed by atoms with Gasteiger partial charge in [0.25, 0.3) is 0 Å². The lowest BCUT2D eigenvalue weighted by atomic mass is 10.1. The van der Waals surface area contributed by atoms with Gasteiger partial charge in [-0.2, -0.15) is 13.2 Å². The second kappa shape index (κ2) is 9.14. The maximum Gasteiger partial charge on any atom is 0.416 e. The summed E-state index contributed by atoms with van der Waals surface area (Å²) in [5.41, 5.74) is 0.0351. The molecule has 1 amide bonds. The first kappa shape index (κ1) is 19.8. The standard InChI is InChI=1S/C16H23F3N4O/c1-4-9-21-14(24)10-22-15(20-2)23(3)11-12-5-7-13(8-6-12)16(17,18)19/h5-8H,4,9-11H2,1-3H3,(H,20,22)(H,21,24). The molecule has 0 saturated carbocycles. The number of alkyl halides is 3. The molecule has 0 aromatic heterocycles. The third-order valence-electron chi connectivity index (χ3n) is 3.25. The molecular formula is C16H23F3N4O. The minimum Gasteiger partial charge on any atom is -0.355 e. The van der Waals surface area contributed by atoms with Crippen molar-refractivity contribution in [3.63, 3.8) is 0 Å². The molecule has 1 aromatic carbocycles. The molecule has 1 rings (SSSR count). The average molecular weight is 344 g/mol. The van der Waals surface area contributed by atoms with Crippen molar-refractivity contribution in [1.29, 1.82) is 0 Å². The van der Waals surface area contributed by atoms with E-state index in [2.05, 4.69) is 15.6 Å². The Balaban J connectivity index is 2.58. The van der Waals surface area contributed by atoms with Gasteiger partial charge in [0.1, 0.15) is 0 Å². The highest BCUT2D eigenvalue weighted by atomic mass is 19.4. The van der Waals surface area contributed by atoms with E-state index in [-0.39, 0.29) is 12.5 Å². The molecule has 8 heteroatoms. The summed E-state index contributed by atoms with van der Waals surface area (Å²) in [5.74, 6) is 0.350. The van der Waals surface area contributed by atoms with Gasteiger partial charge in [0.15, 0.2) is 5.96 Å². The minimum atomic E-state index is -4.34. The van der Waals surface area contributed by atoms with Gasteiger partial charge in [0, 0.05) is 27.2 Å². The molecule has 0 heterocycles. The molecule has 24 heavy (non-hydrogen) atoms. The van der Waals surface area contributed by atoms with Crippen LogP contribution in [0.3, 0.4) is 0 Å². The van der Waals surface area contributed by atoms with Crippen molar-refractivity contribution in [2.45, 2.75) is 26.1 Å². The first-order chi connectivity index (χ1) is 11.3. The van der Waals surface area contributed by atoms with Crippen LogP contribution in [0.25, 0.3) is 0 Å². The van der Waals surface area contributed by atoms with E-state index in [1.54, 1.807) is 19.0 Å². The largest absolute Gasteiger partial charge is 0.416 e. The molecule has 0 bridgehead atoms. The zero-order valence-corrected chi connectivity index (χ0v) is 14.1. The monoisotopic (exact) mass is 344 g/mol. The molecule has 0 unspecified atom stereocenters. The van der Waals surface area contributed by atoms with E-state index in [1.165, 1.54) is 12.1 Å². The SMILES string of the molecule is CCCNC(=O)CNC(=NC)N(C)Cc1ccc(C(F)(F)F)cc1. The number of nitrogens with one attached hydrogen (secondary N) is 2. The number of carbonyl (C=O) groups excluding carboxylic acids is 1. The molecule has 0 aliphatic heterocycles. The van der Waals surface area contributed by atoms with Crippen LogP contribution in [0.2, 0.25) is 0 Å². The first-order valence-electron chi connectivity index (χ1n) is 7.62. The number of hydrogen-bond acceptors (Lipinski definition) is 2. The molecule has 0 saturated heterocycles. The summed E-state index contributed by atoms with van der Waals surface area (Å²) in [6, 6.07) is 4.97. The number of guanidine groups is 1. The molecule has 0 radical (unpaired) electrons. The Kier molecular flexibility index (Phi) is 7.54. The second-order valence-electron chi connectivity index (χ2n) is 5.30. The van der Waals surface area contributed by atoms with Crippen molar-refractivity contribution < 1.29 is 18.0 Å². The molecule has 0 fully saturated rings. The second-order valence-corrected chi connectivity index (χ2v) is 5.30. The number of benzene rings is 1. The zero-order chi connectivity index (χ0) is 18.2. The fraction of sp³-hybridized carbons (Fsp3) is 0.500. The van der Waals surface area contributed by atoms with E-state index in [1.807, 2.05) is 6.92 Å². The highest BCUT2D eigenvalue weighted by Gasteiger charge is 2.29. The van der Waals surface area contributed by atoms with Crippen molar-refractivity contribution in [3.8, 4) is 0 Å². The highest BCUT2D eigenvalue weighted by Crippen LogP contribution is 2.29. The number of rotatable bonds is 6. The van der Waals surface area contributed by atoms with Gasteiger partial charge >= 0.3 is 6.18 Å². The quantitative estimate of drug-likeness (QED) is 0.615. The van der Waals surface area contributed by atoms with Crippen LogP contribution < -0.4 is 10.6 Å². The van der Waals surface area contributed by atoms with E-state index in [0.29, 0.717) is 24.6 Å². The van der Waals surface area contributed by atoms with Gasteiger partial charge < -0.3 is 15.5 Å². The Bertz CT molecular complexity index is 555. The van der Waals surface area contributed by atoms with Crippen LogP contribution >= 0.6 is 0 Å². The molecule has 0 spiro atoms. The van der Waals surface area contributed by atoms with Gasteiger partial charge in [-0.05, 0) is 24.1 Å². The molecular weight excluding hydrogens is 321 g/mol. The summed E-state index contributed by atoms with van der Waals surface area (Å²) in [6.07, 6.45) is -3.48. The maximum absolute atomic E-state index is 12.6. The van der Waals surface area contributed by atoms with E-state index >= 15 is 0 Å². The summed E-state index contributed by atoms with van der Waals surface area (Å²) in [4.78, 5) is 17.4. The number of carbonyl (C=O) groups is 1. The van der Waals surface area contributed by atoms with Crippen LogP contribution in [-0.4, -0.2) is 44.0 Å². The van der Waals surface area contributed by atoms with Crippen LogP contribution in [0.1, 0.15) is 24.5 Å². The van der Waals surface area contributed by atoms with Crippen LogP contribution in [0, 0.1) is 0 Å². The minimum absolute atomic E-state index is 0.0873. The molecule has 0 aliphatic rings. The summed E-state index contributed by atoms with van der Waals surface area (Å²) in [5, 5.41) is 5.66. The van der Waals surface area contributed by atoms with E-state index in [9.17, 15) is 18.0 Å². The van der Waals surface area contributed by atoms with Crippen molar-refractivity contribution in [2.75, 3.05) is 27.2 Å². The normalized spacial score (nSPS) is 12.0. The predicted molar refractivity (Wildman–Crippen MR) is 87.6 cm³/mol. The highest BCUT2D eigenvalue weighted by molar-refractivity contribution is 5.86. The fourth-order valence-electron chi connectivity index (χ4n) is 2.02. The molecule has 0 aliphatic carbocycles. The van der Waals surface area contributed by atoms with Crippen molar-refractivity contribution >= 4 is 11.9 Å². The average Bonchev–Trinajstić information content (AvgIpc) is 2.53. The van der Waals surface area contributed by atoms with Gasteiger partial charge in [-0.25, -0.2) is 0 Å². The van der Waals surface area contributed by atoms with Crippen LogP contribution in [-0.2, 0) is 17.5 Å². The van der Waals surface area contributed by atoms with E-state index < -0.39 is 11.7 Å². The van der Waals surface area contributed by atoms with Crippen molar-refractivity contribution in [3.05, 3.63) is 35.4 Å². The molecule has 2 N–H and O–H groups in total. The number of hydrogen-bond donors (Lipinski definition) is 2. The molecule has 5 nitrogen and oxygen atoms in total.